The van der Waals surface area contributed by atoms with E-state index >= 15 is 0 Å². The summed E-state index contributed by atoms with van der Waals surface area (Å²) >= 11 is 0. The third kappa shape index (κ3) is 4.83. The largest absolute Gasteiger partial charge is 0.480 e. The van der Waals surface area contributed by atoms with Crippen LogP contribution in [0.4, 0.5) is 10.1 Å². The second-order valence-electron chi connectivity index (χ2n) is 7.34. The molecule has 0 atom stereocenters. The smallest absolute Gasteiger partial charge is 0.267 e. The van der Waals surface area contributed by atoms with Gasteiger partial charge < -0.3 is 4.74 Å². The number of anilines is 1. The number of hydrogen-bond acceptors (Lipinski definition) is 6. The first-order valence-corrected chi connectivity index (χ1v) is 11.4. The summed E-state index contributed by atoms with van der Waals surface area (Å²) in [5.41, 5.74) is 1.81. The number of ether oxygens (including phenoxy) is 1. The fourth-order valence-corrected chi connectivity index (χ4v) is 4.82. The summed E-state index contributed by atoms with van der Waals surface area (Å²) in [6.07, 6.45) is 5.24. The van der Waals surface area contributed by atoms with Crippen molar-refractivity contribution in [2.24, 2.45) is 0 Å². The number of nitrogens with one attached hydrogen (secondary N) is 1. The number of pyridine rings is 2. The topological polar surface area (TPSA) is 84.4 Å². The zero-order valence-corrected chi connectivity index (χ0v) is 17.9. The number of aromatic nitrogens is 2. The average molecular weight is 443 g/mol. The van der Waals surface area contributed by atoms with Gasteiger partial charge in [0.2, 0.25) is 5.88 Å². The van der Waals surface area contributed by atoms with Crippen LogP contribution in [0.25, 0.3) is 11.3 Å². The molecule has 162 valence electrons. The Morgan fingerprint density at radius 3 is 2.65 bits per heavy atom. The molecule has 7 nitrogen and oxygen atoms in total. The Kier molecular flexibility index (Phi) is 6.15. The second-order valence-corrected chi connectivity index (χ2v) is 8.99. The molecule has 0 amide bonds. The van der Waals surface area contributed by atoms with E-state index in [4.69, 9.17) is 4.74 Å². The predicted molar refractivity (Wildman–Crippen MR) is 116 cm³/mol. The number of halogens is 1. The van der Waals surface area contributed by atoms with E-state index < -0.39 is 15.8 Å². The molecule has 2 aromatic heterocycles. The summed E-state index contributed by atoms with van der Waals surface area (Å²) in [4.78, 5) is 10.3. The predicted octanol–water partition coefficient (Wildman–Crippen LogP) is 3.69. The van der Waals surface area contributed by atoms with E-state index in [0.29, 0.717) is 11.3 Å². The highest BCUT2D eigenvalue weighted by molar-refractivity contribution is 7.92. The van der Waals surface area contributed by atoms with Gasteiger partial charge in [-0.05, 0) is 67.9 Å². The molecule has 1 aliphatic rings. The van der Waals surface area contributed by atoms with Gasteiger partial charge in [-0.15, -0.1) is 0 Å². The van der Waals surface area contributed by atoms with Crippen LogP contribution in [0.1, 0.15) is 18.4 Å². The van der Waals surface area contributed by atoms with Crippen LogP contribution in [-0.4, -0.2) is 43.5 Å². The quantitative estimate of drug-likeness (QED) is 0.601. The van der Waals surface area contributed by atoms with Crippen molar-refractivity contribution in [1.29, 1.82) is 0 Å². The summed E-state index contributed by atoms with van der Waals surface area (Å²) in [6.45, 7) is 2.79. The first-order valence-electron chi connectivity index (χ1n) is 9.95. The lowest BCUT2D eigenvalue weighted by atomic mass is 10.1. The first kappa shape index (κ1) is 21.2. The minimum Gasteiger partial charge on any atom is -0.480 e. The van der Waals surface area contributed by atoms with Crippen molar-refractivity contribution in [1.82, 2.24) is 14.9 Å². The standard InChI is InChI=1S/C22H23FN4O3S/c1-30-22-21(5-4-9-25-22)31(28,29)26-17-8-10-24-20(14-17)18-7-6-16(13-19(18)23)15-27-11-2-3-12-27/h4-10,13-14H,2-3,11-12,15H2,1H3,(H,24,26). The normalized spacial score (nSPS) is 14.5. The van der Waals surface area contributed by atoms with Gasteiger partial charge in [-0.3, -0.25) is 14.6 Å². The molecule has 1 fully saturated rings. The van der Waals surface area contributed by atoms with Gasteiger partial charge in [0.1, 0.15) is 10.7 Å². The van der Waals surface area contributed by atoms with Crippen molar-refractivity contribution in [3.05, 3.63) is 66.2 Å². The Morgan fingerprint density at radius 2 is 1.90 bits per heavy atom. The van der Waals surface area contributed by atoms with Crippen LogP contribution in [0.3, 0.4) is 0 Å². The van der Waals surface area contributed by atoms with Crippen LogP contribution in [0.2, 0.25) is 0 Å². The van der Waals surface area contributed by atoms with Crippen LogP contribution in [0, 0.1) is 5.82 Å². The summed E-state index contributed by atoms with van der Waals surface area (Å²) in [5.74, 6) is -0.401. The summed E-state index contributed by atoms with van der Waals surface area (Å²) in [7, 11) is -2.60. The molecular formula is C22H23FN4O3S. The van der Waals surface area contributed by atoms with Crippen LogP contribution in [-0.2, 0) is 16.6 Å². The molecule has 31 heavy (non-hydrogen) atoms. The minimum absolute atomic E-state index is 0.0103. The Hall–Kier alpha value is -3.04. The molecule has 1 aromatic carbocycles. The molecule has 0 spiro atoms. The van der Waals surface area contributed by atoms with Crippen LogP contribution in [0.15, 0.2) is 59.8 Å². The number of sulfonamides is 1. The molecular weight excluding hydrogens is 419 g/mol. The Balaban J connectivity index is 1.57. The third-order valence-corrected chi connectivity index (χ3v) is 6.54. The molecule has 1 saturated heterocycles. The molecule has 1 N–H and O–H groups in total. The zero-order chi connectivity index (χ0) is 21.8. The van der Waals surface area contributed by atoms with E-state index in [-0.39, 0.29) is 16.5 Å². The van der Waals surface area contributed by atoms with E-state index in [1.807, 2.05) is 6.07 Å². The van der Waals surface area contributed by atoms with Gasteiger partial charge in [-0.25, -0.2) is 17.8 Å². The van der Waals surface area contributed by atoms with E-state index in [1.165, 1.54) is 62.7 Å². The van der Waals surface area contributed by atoms with Gasteiger partial charge in [0, 0.05) is 24.5 Å². The van der Waals surface area contributed by atoms with Crippen molar-refractivity contribution in [2.75, 3.05) is 24.9 Å². The highest BCUT2D eigenvalue weighted by atomic mass is 32.2. The summed E-state index contributed by atoms with van der Waals surface area (Å²) in [6, 6.07) is 11.0. The fraction of sp³-hybridized carbons (Fsp3) is 0.273. The molecule has 1 aliphatic heterocycles. The molecule has 9 heteroatoms. The Morgan fingerprint density at radius 1 is 1.10 bits per heavy atom. The molecule has 0 aliphatic carbocycles. The number of likely N-dealkylation sites (tertiary alicyclic amines) is 1. The average Bonchev–Trinajstić information content (AvgIpc) is 3.27. The highest BCUT2D eigenvalue weighted by Gasteiger charge is 2.21. The van der Waals surface area contributed by atoms with Crippen LogP contribution < -0.4 is 9.46 Å². The number of benzene rings is 1. The van der Waals surface area contributed by atoms with Crippen molar-refractivity contribution in [3.63, 3.8) is 0 Å². The zero-order valence-electron chi connectivity index (χ0n) is 17.1. The maximum absolute atomic E-state index is 14.8. The second kappa shape index (κ2) is 8.99. The lowest BCUT2D eigenvalue weighted by Gasteiger charge is -2.15. The van der Waals surface area contributed by atoms with Gasteiger partial charge in [-0.1, -0.05) is 6.07 Å². The van der Waals surface area contributed by atoms with Crippen molar-refractivity contribution in [3.8, 4) is 17.1 Å². The lowest BCUT2D eigenvalue weighted by Crippen LogP contribution is -2.18. The maximum atomic E-state index is 14.8. The van der Waals surface area contributed by atoms with E-state index in [0.717, 1.165) is 25.2 Å². The van der Waals surface area contributed by atoms with E-state index in [2.05, 4.69) is 19.6 Å². The Bertz CT molecular complexity index is 1180. The van der Waals surface area contributed by atoms with Crippen LogP contribution >= 0.6 is 0 Å². The number of methoxy groups -OCH3 is 1. The van der Waals surface area contributed by atoms with E-state index in [9.17, 15) is 12.8 Å². The van der Waals surface area contributed by atoms with Crippen molar-refractivity contribution in [2.45, 2.75) is 24.3 Å². The summed E-state index contributed by atoms with van der Waals surface area (Å²) in [5, 5.41) is 0. The third-order valence-electron chi connectivity index (χ3n) is 5.15. The monoisotopic (exact) mass is 442 g/mol. The van der Waals surface area contributed by atoms with Gasteiger partial charge in [0.05, 0.1) is 18.5 Å². The maximum Gasteiger partial charge on any atom is 0.267 e. The molecule has 0 bridgehead atoms. The fourth-order valence-electron chi connectivity index (χ4n) is 3.65. The minimum atomic E-state index is -3.95. The van der Waals surface area contributed by atoms with Crippen molar-refractivity contribution < 1.29 is 17.5 Å². The highest BCUT2D eigenvalue weighted by Crippen LogP contribution is 2.27. The Labute approximate surface area is 181 Å². The van der Waals surface area contributed by atoms with Gasteiger partial charge >= 0.3 is 0 Å². The summed E-state index contributed by atoms with van der Waals surface area (Å²) < 4.78 is 47.9. The van der Waals surface area contributed by atoms with Gasteiger partial charge in [0.15, 0.2) is 0 Å². The molecule has 0 unspecified atom stereocenters. The van der Waals surface area contributed by atoms with Gasteiger partial charge in [-0.2, -0.15) is 0 Å². The number of rotatable bonds is 7. The molecule has 0 radical (unpaired) electrons. The molecule has 3 heterocycles. The van der Waals surface area contributed by atoms with Crippen LogP contribution in [0.5, 0.6) is 5.88 Å². The lowest BCUT2D eigenvalue weighted by molar-refractivity contribution is 0.331. The molecule has 4 rings (SSSR count). The SMILES string of the molecule is COc1ncccc1S(=O)(=O)Nc1ccnc(-c2ccc(CN3CCCC3)cc2F)c1. The molecule has 3 aromatic rings. The van der Waals surface area contributed by atoms with Gasteiger partial charge in [0.25, 0.3) is 10.0 Å². The van der Waals surface area contributed by atoms with E-state index in [1.54, 1.807) is 6.07 Å². The molecule has 0 saturated carbocycles. The number of nitrogens with zero attached hydrogens (tertiary/aromatic N) is 3. The number of hydrogen-bond donors (Lipinski definition) is 1. The van der Waals surface area contributed by atoms with Crippen molar-refractivity contribution >= 4 is 15.7 Å². The first-order chi connectivity index (χ1) is 15.0.